The van der Waals surface area contributed by atoms with E-state index in [1.807, 2.05) is 6.07 Å². The predicted octanol–water partition coefficient (Wildman–Crippen LogP) is 3.16. The van der Waals surface area contributed by atoms with Gasteiger partial charge in [0.1, 0.15) is 0 Å². The molecule has 0 radical (unpaired) electrons. The number of hydrogen-bond donors (Lipinski definition) is 1. The van der Waals surface area contributed by atoms with E-state index in [2.05, 4.69) is 35.3 Å². The number of amides is 1. The van der Waals surface area contributed by atoms with E-state index in [1.54, 1.807) is 0 Å². The number of carbonyl (C=O) groups is 1. The van der Waals surface area contributed by atoms with Crippen molar-refractivity contribution in [3.8, 4) is 0 Å². The number of carbonyl (C=O) groups excluding carboxylic acids is 1. The van der Waals surface area contributed by atoms with Crippen molar-refractivity contribution in [3.05, 3.63) is 29.8 Å². The smallest absolute Gasteiger partial charge is 0.237 e. The molecule has 4 rings (SSSR count). The number of rotatable bonds is 4. The van der Waals surface area contributed by atoms with Crippen LogP contribution in [-0.2, 0) is 10.2 Å². The van der Waals surface area contributed by atoms with Crippen molar-refractivity contribution < 1.29 is 4.79 Å². The Morgan fingerprint density at radius 2 is 2.19 bits per heavy atom. The zero-order chi connectivity index (χ0) is 14.4. The molecule has 1 aromatic rings. The van der Waals surface area contributed by atoms with E-state index >= 15 is 0 Å². The molecule has 3 aliphatic rings. The second-order valence-corrected chi connectivity index (χ2v) is 6.86. The number of fused-ring (bicyclic) bond motifs is 5. The van der Waals surface area contributed by atoms with Gasteiger partial charge in [0.25, 0.3) is 0 Å². The molecule has 112 valence electrons. The minimum Gasteiger partial charge on any atom is -0.325 e. The van der Waals surface area contributed by atoms with Gasteiger partial charge in [-0.25, -0.2) is 0 Å². The monoisotopic (exact) mass is 284 g/mol. The molecule has 21 heavy (non-hydrogen) atoms. The van der Waals surface area contributed by atoms with Crippen molar-refractivity contribution in [2.45, 2.75) is 50.5 Å². The van der Waals surface area contributed by atoms with Crippen LogP contribution >= 0.6 is 0 Å². The SMILES string of the molecule is CCCCCC1N2CCC(C2)C12C(=O)Nc1ccccc12. The molecule has 0 aliphatic carbocycles. The molecule has 0 aromatic heterocycles. The summed E-state index contributed by atoms with van der Waals surface area (Å²) in [5.41, 5.74) is 2.06. The van der Waals surface area contributed by atoms with Gasteiger partial charge in [0.15, 0.2) is 0 Å². The maximum Gasteiger partial charge on any atom is 0.237 e. The summed E-state index contributed by atoms with van der Waals surface area (Å²) in [6, 6.07) is 8.77. The number of para-hydroxylation sites is 1. The van der Waals surface area contributed by atoms with Crippen LogP contribution in [0.1, 0.15) is 44.6 Å². The fraction of sp³-hybridized carbons (Fsp3) is 0.611. The van der Waals surface area contributed by atoms with Crippen molar-refractivity contribution in [3.63, 3.8) is 0 Å². The topological polar surface area (TPSA) is 32.3 Å². The summed E-state index contributed by atoms with van der Waals surface area (Å²) in [6.45, 7) is 4.53. The lowest BCUT2D eigenvalue weighted by Crippen LogP contribution is -2.52. The molecule has 4 atom stereocenters. The third-order valence-corrected chi connectivity index (χ3v) is 5.91. The van der Waals surface area contributed by atoms with Crippen LogP contribution in [0, 0.1) is 5.92 Å². The summed E-state index contributed by atoms with van der Waals surface area (Å²) in [7, 11) is 0. The molecular weight excluding hydrogens is 260 g/mol. The highest BCUT2D eigenvalue weighted by Crippen LogP contribution is 2.56. The molecule has 2 fully saturated rings. The van der Waals surface area contributed by atoms with Crippen LogP contribution in [-0.4, -0.2) is 29.9 Å². The highest BCUT2D eigenvalue weighted by Gasteiger charge is 2.64. The summed E-state index contributed by atoms with van der Waals surface area (Å²) in [5.74, 6) is 0.769. The molecule has 1 amide bonds. The normalized spacial score (nSPS) is 36.2. The van der Waals surface area contributed by atoms with Crippen LogP contribution in [0.2, 0.25) is 0 Å². The van der Waals surface area contributed by atoms with Crippen molar-refractivity contribution in [1.29, 1.82) is 0 Å². The minimum absolute atomic E-state index is 0.261. The van der Waals surface area contributed by atoms with Gasteiger partial charge in [-0.05, 0) is 36.9 Å². The standard InChI is InChI=1S/C18H24N2O/c1-2-3-4-9-16-18(13-10-11-20(16)12-13)14-7-5-6-8-15(14)19-17(18)21/h5-8,13,16H,2-4,9-12H2,1H3,(H,19,21). The van der Waals surface area contributed by atoms with Crippen LogP contribution in [0.4, 0.5) is 5.69 Å². The fourth-order valence-electron chi connectivity index (χ4n) is 5.04. The van der Waals surface area contributed by atoms with E-state index in [0.29, 0.717) is 12.0 Å². The molecule has 1 aromatic carbocycles. The lowest BCUT2D eigenvalue weighted by Gasteiger charge is -2.40. The lowest BCUT2D eigenvalue weighted by molar-refractivity contribution is -0.124. The molecule has 4 unspecified atom stereocenters. The van der Waals surface area contributed by atoms with Gasteiger partial charge in [-0.2, -0.15) is 0 Å². The lowest BCUT2D eigenvalue weighted by atomic mass is 9.65. The number of hydrogen-bond acceptors (Lipinski definition) is 2. The number of piperidine rings is 1. The third-order valence-electron chi connectivity index (χ3n) is 5.91. The highest BCUT2D eigenvalue weighted by molar-refractivity contribution is 6.07. The van der Waals surface area contributed by atoms with Crippen LogP contribution in [0.15, 0.2) is 24.3 Å². The van der Waals surface area contributed by atoms with Crippen LogP contribution in [0.5, 0.6) is 0 Å². The van der Waals surface area contributed by atoms with Gasteiger partial charge in [-0.15, -0.1) is 0 Å². The summed E-state index contributed by atoms with van der Waals surface area (Å²) < 4.78 is 0. The fourth-order valence-corrected chi connectivity index (χ4v) is 5.04. The molecule has 3 nitrogen and oxygen atoms in total. The zero-order valence-electron chi connectivity index (χ0n) is 12.8. The molecule has 1 spiro atoms. The summed E-state index contributed by atoms with van der Waals surface area (Å²) in [4.78, 5) is 15.5. The molecule has 3 aliphatic heterocycles. The van der Waals surface area contributed by atoms with E-state index in [1.165, 1.54) is 37.8 Å². The van der Waals surface area contributed by atoms with Crippen molar-refractivity contribution >= 4 is 11.6 Å². The van der Waals surface area contributed by atoms with E-state index in [-0.39, 0.29) is 11.3 Å². The van der Waals surface area contributed by atoms with E-state index in [4.69, 9.17) is 0 Å². The number of anilines is 1. The Morgan fingerprint density at radius 3 is 3.05 bits per heavy atom. The van der Waals surface area contributed by atoms with Crippen LogP contribution in [0.25, 0.3) is 0 Å². The molecule has 3 heteroatoms. The van der Waals surface area contributed by atoms with Crippen molar-refractivity contribution in [2.24, 2.45) is 5.92 Å². The Labute approximate surface area is 126 Å². The van der Waals surface area contributed by atoms with E-state index in [0.717, 1.165) is 18.7 Å². The number of benzene rings is 1. The third kappa shape index (κ3) is 1.67. The van der Waals surface area contributed by atoms with Crippen molar-refractivity contribution in [1.82, 2.24) is 4.90 Å². The van der Waals surface area contributed by atoms with Crippen LogP contribution in [0.3, 0.4) is 0 Å². The zero-order valence-corrected chi connectivity index (χ0v) is 12.8. The average Bonchev–Trinajstić information content (AvgIpc) is 3.15. The number of unbranched alkanes of at least 4 members (excludes halogenated alkanes) is 2. The van der Waals surface area contributed by atoms with Gasteiger partial charge < -0.3 is 5.32 Å². The molecule has 3 heterocycles. The minimum atomic E-state index is -0.261. The molecule has 2 saturated heterocycles. The quantitative estimate of drug-likeness (QED) is 0.861. The van der Waals surface area contributed by atoms with E-state index in [9.17, 15) is 4.79 Å². The Kier molecular flexibility index (Phi) is 3.07. The maximum absolute atomic E-state index is 13.0. The van der Waals surface area contributed by atoms with Gasteiger partial charge in [0.2, 0.25) is 5.91 Å². The van der Waals surface area contributed by atoms with Gasteiger partial charge in [-0.1, -0.05) is 44.4 Å². The first kappa shape index (κ1) is 13.3. The molecule has 1 N–H and O–H groups in total. The largest absolute Gasteiger partial charge is 0.325 e. The first-order valence-corrected chi connectivity index (χ1v) is 8.43. The van der Waals surface area contributed by atoms with E-state index < -0.39 is 0 Å². The first-order valence-electron chi connectivity index (χ1n) is 8.43. The van der Waals surface area contributed by atoms with Gasteiger partial charge >= 0.3 is 0 Å². The van der Waals surface area contributed by atoms with Gasteiger partial charge in [-0.3, -0.25) is 9.69 Å². The average molecular weight is 284 g/mol. The van der Waals surface area contributed by atoms with Crippen molar-refractivity contribution in [2.75, 3.05) is 18.4 Å². The summed E-state index contributed by atoms with van der Waals surface area (Å²) >= 11 is 0. The van der Waals surface area contributed by atoms with Crippen LogP contribution < -0.4 is 5.32 Å². The Balaban J connectivity index is 1.75. The summed E-state index contributed by atoms with van der Waals surface area (Å²) in [6.07, 6.45) is 6.08. The number of nitrogens with one attached hydrogen (secondary N) is 1. The number of nitrogens with zero attached hydrogens (tertiary/aromatic N) is 1. The molecule has 0 saturated carbocycles. The Hall–Kier alpha value is -1.35. The maximum atomic E-state index is 13.0. The predicted molar refractivity (Wildman–Crippen MR) is 84.4 cm³/mol. The highest BCUT2D eigenvalue weighted by atomic mass is 16.2. The Morgan fingerprint density at radius 1 is 1.33 bits per heavy atom. The van der Waals surface area contributed by atoms with Gasteiger partial charge in [0, 0.05) is 18.3 Å². The molecule has 2 bridgehead atoms. The molecular formula is C18H24N2O. The first-order chi connectivity index (χ1) is 10.3. The van der Waals surface area contributed by atoms with Gasteiger partial charge in [0.05, 0.1) is 5.41 Å². The summed E-state index contributed by atoms with van der Waals surface area (Å²) in [5, 5.41) is 3.17. The second-order valence-electron chi connectivity index (χ2n) is 6.86. The Bertz CT molecular complexity index is 570. The second kappa shape index (κ2) is 4.84.